The molecule has 1 aromatic rings. The van der Waals surface area contributed by atoms with Crippen molar-refractivity contribution >= 4 is 5.97 Å². The fourth-order valence-corrected chi connectivity index (χ4v) is 3.06. The fraction of sp³-hybridized carbons (Fsp3) is 0.632. The van der Waals surface area contributed by atoms with Gasteiger partial charge in [0.25, 0.3) is 0 Å². The van der Waals surface area contributed by atoms with Gasteiger partial charge in [0.05, 0.1) is 12.2 Å². The van der Waals surface area contributed by atoms with E-state index in [9.17, 15) is 9.90 Å². The number of benzene rings is 1. The molecule has 2 rings (SSSR count). The zero-order valence-corrected chi connectivity index (χ0v) is 15.5. The Balaban J connectivity index is 1.76. The van der Waals surface area contributed by atoms with Gasteiger partial charge in [-0.15, -0.1) is 0 Å². The molecule has 1 aliphatic rings. The molecule has 0 spiro atoms. The predicted molar refractivity (Wildman–Crippen MR) is 97.0 cm³/mol. The van der Waals surface area contributed by atoms with E-state index < -0.39 is 6.10 Å². The lowest BCUT2D eigenvalue weighted by Crippen LogP contribution is -2.48. The first-order valence-electron chi connectivity index (χ1n) is 8.96. The van der Waals surface area contributed by atoms with Gasteiger partial charge in [-0.25, -0.2) is 4.79 Å². The van der Waals surface area contributed by atoms with Gasteiger partial charge in [0, 0.05) is 19.1 Å². The number of piperidine rings is 1. The average Bonchev–Trinajstić information content (AvgIpc) is 2.61. The number of esters is 1. The molecule has 0 radical (unpaired) electrons. The van der Waals surface area contributed by atoms with Crippen LogP contribution in [0.2, 0.25) is 0 Å². The zero-order chi connectivity index (χ0) is 18.2. The number of aliphatic hydroxyl groups is 1. The van der Waals surface area contributed by atoms with Crippen LogP contribution in [0.15, 0.2) is 24.3 Å². The lowest BCUT2D eigenvalue weighted by molar-refractivity contribution is 0.0455. The van der Waals surface area contributed by atoms with Gasteiger partial charge in [-0.1, -0.05) is 0 Å². The van der Waals surface area contributed by atoms with E-state index in [1.54, 1.807) is 31.2 Å². The molecule has 2 atom stereocenters. The number of likely N-dealkylation sites (tertiary alicyclic amines) is 1. The van der Waals surface area contributed by atoms with Gasteiger partial charge in [-0.05, 0) is 64.7 Å². The molecule has 1 aromatic carbocycles. The van der Waals surface area contributed by atoms with E-state index in [0.717, 1.165) is 19.5 Å². The number of hydrogen-bond acceptors (Lipinski definition) is 6. The fourth-order valence-electron chi connectivity index (χ4n) is 3.06. The highest BCUT2D eigenvalue weighted by Crippen LogP contribution is 2.15. The number of ether oxygens (including phenoxy) is 2. The number of nitrogens with zero attached hydrogens (tertiary/aromatic N) is 2. The largest absolute Gasteiger partial charge is 0.491 e. The Morgan fingerprint density at radius 3 is 2.72 bits per heavy atom. The van der Waals surface area contributed by atoms with Crippen LogP contribution >= 0.6 is 0 Å². The molecule has 1 aliphatic heterocycles. The van der Waals surface area contributed by atoms with E-state index in [4.69, 9.17) is 9.47 Å². The minimum absolute atomic E-state index is 0.238. The van der Waals surface area contributed by atoms with E-state index in [0.29, 0.717) is 30.5 Å². The van der Waals surface area contributed by atoms with Crippen molar-refractivity contribution in [2.45, 2.75) is 31.9 Å². The Kier molecular flexibility index (Phi) is 7.68. The third-order valence-corrected chi connectivity index (χ3v) is 4.49. The second-order valence-electron chi connectivity index (χ2n) is 6.73. The molecule has 0 aliphatic carbocycles. The maximum atomic E-state index is 11.6. The molecule has 6 nitrogen and oxygen atoms in total. The number of likely N-dealkylation sites (N-methyl/N-ethyl adjacent to an activating group) is 1. The lowest BCUT2D eigenvalue weighted by atomic mass is 10.0. The molecule has 1 heterocycles. The maximum absolute atomic E-state index is 11.6. The van der Waals surface area contributed by atoms with Crippen molar-refractivity contribution in [2.75, 3.05) is 46.9 Å². The van der Waals surface area contributed by atoms with Gasteiger partial charge in [0.15, 0.2) is 0 Å². The SMILES string of the molecule is CCOC(=O)c1ccc(OCC(O)CN2CCCC(N(C)C)C2)cc1. The van der Waals surface area contributed by atoms with Crippen molar-refractivity contribution in [3.05, 3.63) is 29.8 Å². The first-order valence-corrected chi connectivity index (χ1v) is 8.96. The van der Waals surface area contributed by atoms with Crippen LogP contribution in [0, 0.1) is 0 Å². The quantitative estimate of drug-likeness (QED) is 0.719. The van der Waals surface area contributed by atoms with Gasteiger partial charge in [0.1, 0.15) is 18.5 Å². The Morgan fingerprint density at radius 1 is 1.36 bits per heavy atom. The van der Waals surface area contributed by atoms with Crippen LogP contribution in [0.25, 0.3) is 0 Å². The molecule has 0 amide bonds. The Hall–Kier alpha value is -1.63. The number of hydrogen-bond donors (Lipinski definition) is 1. The van der Waals surface area contributed by atoms with Gasteiger partial charge >= 0.3 is 5.97 Å². The number of aliphatic hydroxyl groups excluding tert-OH is 1. The van der Waals surface area contributed by atoms with Crippen LogP contribution in [0.1, 0.15) is 30.1 Å². The van der Waals surface area contributed by atoms with Crippen molar-refractivity contribution in [3.63, 3.8) is 0 Å². The standard InChI is InChI=1S/C19H30N2O4/c1-4-24-19(23)15-7-9-18(10-8-15)25-14-17(22)13-21-11-5-6-16(12-21)20(2)3/h7-10,16-17,22H,4-6,11-14H2,1-3H3. The summed E-state index contributed by atoms with van der Waals surface area (Å²) in [6, 6.07) is 7.35. The van der Waals surface area contributed by atoms with Crippen molar-refractivity contribution in [3.8, 4) is 5.75 Å². The highest BCUT2D eigenvalue weighted by atomic mass is 16.5. The van der Waals surface area contributed by atoms with Crippen LogP contribution in [-0.2, 0) is 4.74 Å². The van der Waals surface area contributed by atoms with E-state index in [-0.39, 0.29) is 12.6 Å². The summed E-state index contributed by atoms with van der Waals surface area (Å²) in [6.45, 7) is 5.00. The number of rotatable bonds is 8. The zero-order valence-electron chi connectivity index (χ0n) is 15.5. The third-order valence-electron chi connectivity index (χ3n) is 4.49. The minimum atomic E-state index is -0.536. The highest BCUT2D eigenvalue weighted by molar-refractivity contribution is 5.89. The normalized spacial score (nSPS) is 19.6. The van der Waals surface area contributed by atoms with Gasteiger partial charge in [-0.2, -0.15) is 0 Å². The van der Waals surface area contributed by atoms with E-state index >= 15 is 0 Å². The van der Waals surface area contributed by atoms with Crippen molar-refractivity contribution in [1.82, 2.24) is 9.80 Å². The summed E-state index contributed by atoms with van der Waals surface area (Å²) < 4.78 is 10.6. The molecule has 140 valence electrons. The maximum Gasteiger partial charge on any atom is 0.338 e. The molecule has 0 saturated carbocycles. The van der Waals surface area contributed by atoms with E-state index in [2.05, 4.69) is 23.9 Å². The summed E-state index contributed by atoms with van der Waals surface area (Å²) in [5.41, 5.74) is 0.498. The smallest absolute Gasteiger partial charge is 0.338 e. The predicted octanol–water partition coefficient (Wildman–Crippen LogP) is 1.63. The van der Waals surface area contributed by atoms with Gasteiger partial charge in [-0.3, -0.25) is 4.90 Å². The van der Waals surface area contributed by atoms with Crippen LogP contribution in [0.3, 0.4) is 0 Å². The monoisotopic (exact) mass is 350 g/mol. The second kappa shape index (κ2) is 9.75. The number of β-amino-alcohol motifs (C(OH)–C–C–N with tert-alkyl or cyclic N) is 1. The number of carbonyl (C=O) groups excluding carboxylic acids is 1. The molecular formula is C19H30N2O4. The first-order chi connectivity index (χ1) is 12.0. The molecule has 2 unspecified atom stereocenters. The topological polar surface area (TPSA) is 62.2 Å². The third kappa shape index (κ3) is 6.30. The van der Waals surface area contributed by atoms with Crippen molar-refractivity contribution < 1.29 is 19.4 Å². The molecule has 1 N–H and O–H groups in total. The Labute approximate surface area is 150 Å². The summed E-state index contributed by atoms with van der Waals surface area (Å²) in [6.07, 6.45) is 1.83. The molecule has 6 heteroatoms. The molecule has 0 aromatic heterocycles. The van der Waals surface area contributed by atoms with Crippen molar-refractivity contribution in [1.29, 1.82) is 0 Å². The molecule has 0 bridgehead atoms. The molecule has 25 heavy (non-hydrogen) atoms. The van der Waals surface area contributed by atoms with Gasteiger partial charge in [0.2, 0.25) is 0 Å². The highest BCUT2D eigenvalue weighted by Gasteiger charge is 2.23. The summed E-state index contributed by atoms with van der Waals surface area (Å²) >= 11 is 0. The Morgan fingerprint density at radius 2 is 2.08 bits per heavy atom. The first kappa shape index (κ1) is 19.7. The van der Waals surface area contributed by atoms with E-state index in [1.165, 1.54) is 6.42 Å². The average molecular weight is 350 g/mol. The van der Waals surface area contributed by atoms with Gasteiger partial charge < -0.3 is 19.5 Å². The van der Waals surface area contributed by atoms with Crippen LogP contribution in [0.4, 0.5) is 0 Å². The van der Waals surface area contributed by atoms with Crippen LogP contribution < -0.4 is 4.74 Å². The summed E-state index contributed by atoms with van der Waals surface area (Å²) in [4.78, 5) is 16.2. The molecule has 1 saturated heterocycles. The number of carbonyl (C=O) groups is 1. The molecule has 1 fully saturated rings. The summed E-state index contributed by atoms with van der Waals surface area (Å²) in [7, 11) is 4.21. The van der Waals surface area contributed by atoms with Crippen molar-refractivity contribution in [2.24, 2.45) is 0 Å². The van der Waals surface area contributed by atoms with E-state index in [1.807, 2.05) is 0 Å². The summed E-state index contributed by atoms with van der Waals surface area (Å²) in [5.74, 6) is 0.298. The van der Waals surface area contributed by atoms with Crippen LogP contribution in [0.5, 0.6) is 5.75 Å². The lowest BCUT2D eigenvalue weighted by Gasteiger charge is -2.36. The Bertz CT molecular complexity index is 533. The van der Waals surface area contributed by atoms with Crippen LogP contribution in [-0.4, -0.2) is 80.0 Å². The summed E-state index contributed by atoms with van der Waals surface area (Å²) in [5, 5.41) is 10.2. The molecular weight excluding hydrogens is 320 g/mol. The minimum Gasteiger partial charge on any atom is -0.491 e. The second-order valence-corrected chi connectivity index (χ2v) is 6.73.